The molecule has 7 nitrogen and oxygen atoms in total. The van der Waals surface area contributed by atoms with Crippen molar-refractivity contribution in [2.24, 2.45) is 0 Å². The van der Waals surface area contributed by atoms with Gasteiger partial charge in [-0.3, -0.25) is 4.98 Å². The largest absolute Gasteiger partial charge is 0.356 e. The van der Waals surface area contributed by atoms with Crippen molar-refractivity contribution in [1.82, 2.24) is 19.3 Å². The molecule has 1 saturated heterocycles. The number of piperidine rings is 1. The van der Waals surface area contributed by atoms with Gasteiger partial charge < -0.3 is 4.90 Å². The molecule has 0 atom stereocenters. The SMILES string of the molecule is CN(C1CCN(c2ncnc3cnccc23)CC1)S(C)(=O)=O. The highest BCUT2D eigenvalue weighted by Crippen LogP contribution is 2.26. The molecule has 1 fully saturated rings. The Hall–Kier alpha value is -1.80. The predicted molar refractivity (Wildman–Crippen MR) is 85.2 cm³/mol. The van der Waals surface area contributed by atoms with Crippen LogP contribution < -0.4 is 4.90 Å². The van der Waals surface area contributed by atoms with Crippen LogP contribution in [0.15, 0.2) is 24.8 Å². The van der Waals surface area contributed by atoms with Crippen LogP contribution in [0.3, 0.4) is 0 Å². The smallest absolute Gasteiger partial charge is 0.211 e. The third kappa shape index (κ3) is 2.89. The molecular formula is C14H19N5O2S. The van der Waals surface area contributed by atoms with Crippen LogP contribution in [0, 0.1) is 0 Å². The Kier molecular flexibility index (Phi) is 3.96. The minimum atomic E-state index is -3.14. The summed E-state index contributed by atoms with van der Waals surface area (Å²) in [4.78, 5) is 14.9. The molecule has 0 spiro atoms. The highest BCUT2D eigenvalue weighted by atomic mass is 32.2. The molecule has 0 unspecified atom stereocenters. The summed E-state index contributed by atoms with van der Waals surface area (Å²) in [6, 6.07) is 1.97. The van der Waals surface area contributed by atoms with Gasteiger partial charge in [-0.25, -0.2) is 22.7 Å². The molecule has 1 aliphatic rings. The van der Waals surface area contributed by atoms with Crippen LogP contribution in [-0.2, 0) is 10.0 Å². The fourth-order valence-corrected chi connectivity index (χ4v) is 3.61. The number of pyridine rings is 1. The van der Waals surface area contributed by atoms with E-state index in [1.165, 1.54) is 10.6 Å². The first kappa shape index (κ1) is 15.1. The maximum atomic E-state index is 11.6. The Balaban J connectivity index is 1.79. The molecular weight excluding hydrogens is 302 g/mol. The third-order valence-corrected chi connectivity index (χ3v) is 5.56. The number of hydrogen-bond acceptors (Lipinski definition) is 6. The molecule has 2 aromatic rings. The quantitative estimate of drug-likeness (QED) is 0.835. The van der Waals surface area contributed by atoms with Crippen LogP contribution >= 0.6 is 0 Å². The lowest BCUT2D eigenvalue weighted by Gasteiger charge is -2.36. The lowest BCUT2D eigenvalue weighted by Crippen LogP contribution is -2.45. The van der Waals surface area contributed by atoms with E-state index in [1.54, 1.807) is 25.8 Å². The van der Waals surface area contributed by atoms with Crippen LogP contribution in [0.4, 0.5) is 5.82 Å². The summed E-state index contributed by atoms with van der Waals surface area (Å²) in [7, 11) is -1.48. The molecule has 2 aromatic heterocycles. The summed E-state index contributed by atoms with van der Waals surface area (Å²) in [6.07, 6.45) is 7.85. The van der Waals surface area contributed by atoms with Crippen molar-refractivity contribution in [3.05, 3.63) is 24.8 Å². The average Bonchev–Trinajstić information content (AvgIpc) is 2.53. The van der Waals surface area contributed by atoms with Crippen molar-refractivity contribution in [2.75, 3.05) is 31.3 Å². The van der Waals surface area contributed by atoms with Gasteiger partial charge in [0.1, 0.15) is 12.1 Å². The van der Waals surface area contributed by atoms with E-state index in [9.17, 15) is 8.42 Å². The number of rotatable bonds is 3. The van der Waals surface area contributed by atoms with Gasteiger partial charge in [0.05, 0.1) is 18.0 Å². The van der Waals surface area contributed by atoms with E-state index >= 15 is 0 Å². The highest BCUT2D eigenvalue weighted by Gasteiger charge is 2.28. The highest BCUT2D eigenvalue weighted by molar-refractivity contribution is 7.88. The Morgan fingerprint density at radius 3 is 2.68 bits per heavy atom. The zero-order valence-electron chi connectivity index (χ0n) is 12.7. The lowest BCUT2D eigenvalue weighted by atomic mass is 10.0. The number of anilines is 1. The summed E-state index contributed by atoms with van der Waals surface area (Å²) >= 11 is 0. The van der Waals surface area contributed by atoms with E-state index in [0.29, 0.717) is 0 Å². The van der Waals surface area contributed by atoms with Crippen molar-refractivity contribution in [1.29, 1.82) is 0 Å². The predicted octanol–water partition coefficient (Wildman–Crippen LogP) is 0.885. The van der Waals surface area contributed by atoms with Crippen molar-refractivity contribution >= 4 is 26.7 Å². The van der Waals surface area contributed by atoms with Gasteiger partial charge in [0, 0.05) is 37.8 Å². The van der Waals surface area contributed by atoms with Gasteiger partial charge in [0.2, 0.25) is 10.0 Å². The number of nitrogens with zero attached hydrogens (tertiary/aromatic N) is 5. The molecule has 22 heavy (non-hydrogen) atoms. The zero-order valence-corrected chi connectivity index (χ0v) is 13.5. The Morgan fingerprint density at radius 1 is 1.27 bits per heavy atom. The first-order valence-corrected chi connectivity index (χ1v) is 9.04. The van der Waals surface area contributed by atoms with Gasteiger partial charge in [-0.2, -0.15) is 0 Å². The van der Waals surface area contributed by atoms with Crippen LogP contribution in [-0.4, -0.2) is 60.1 Å². The van der Waals surface area contributed by atoms with Crippen LogP contribution in [0.1, 0.15) is 12.8 Å². The number of aromatic nitrogens is 3. The second kappa shape index (κ2) is 5.77. The van der Waals surface area contributed by atoms with E-state index < -0.39 is 10.0 Å². The van der Waals surface area contributed by atoms with E-state index in [4.69, 9.17) is 0 Å². The molecule has 0 aromatic carbocycles. The summed E-state index contributed by atoms with van der Waals surface area (Å²) in [5.74, 6) is 0.896. The topological polar surface area (TPSA) is 79.3 Å². The zero-order chi connectivity index (χ0) is 15.7. The number of fused-ring (bicyclic) bond motifs is 1. The summed E-state index contributed by atoms with van der Waals surface area (Å²) in [5, 5.41) is 0.979. The van der Waals surface area contributed by atoms with Crippen molar-refractivity contribution in [3.8, 4) is 0 Å². The maximum absolute atomic E-state index is 11.6. The molecule has 0 bridgehead atoms. The molecule has 0 N–H and O–H groups in total. The van der Waals surface area contributed by atoms with Gasteiger partial charge in [-0.15, -0.1) is 0 Å². The second-order valence-corrected chi connectivity index (χ2v) is 7.63. The van der Waals surface area contributed by atoms with Gasteiger partial charge in [0.15, 0.2) is 0 Å². The van der Waals surface area contributed by atoms with Crippen LogP contribution in [0.5, 0.6) is 0 Å². The summed E-state index contributed by atoms with van der Waals surface area (Å²) in [6.45, 7) is 1.55. The van der Waals surface area contributed by atoms with Crippen molar-refractivity contribution < 1.29 is 8.42 Å². The first-order valence-electron chi connectivity index (χ1n) is 7.19. The van der Waals surface area contributed by atoms with E-state index in [1.807, 2.05) is 6.07 Å². The molecule has 118 valence electrons. The minimum Gasteiger partial charge on any atom is -0.356 e. The minimum absolute atomic E-state index is 0.0565. The Morgan fingerprint density at radius 2 is 2.00 bits per heavy atom. The van der Waals surface area contributed by atoms with Crippen LogP contribution in [0.2, 0.25) is 0 Å². The Bertz CT molecular complexity index is 766. The van der Waals surface area contributed by atoms with E-state index in [2.05, 4.69) is 19.9 Å². The van der Waals surface area contributed by atoms with Gasteiger partial charge >= 0.3 is 0 Å². The molecule has 3 rings (SSSR count). The molecule has 1 aliphatic heterocycles. The summed E-state index contributed by atoms with van der Waals surface area (Å²) < 4.78 is 24.8. The number of hydrogen-bond donors (Lipinski definition) is 0. The monoisotopic (exact) mass is 321 g/mol. The van der Waals surface area contributed by atoms with Crippen LogP contribution in [0.25, 0.3) is 10.9 Å². The van der Waals surface area contributed by atoms with Gasteiger partial charge in [-0.1, -0.05) is 0 Å². The number of sulfonamides is 1. The van der Waals surface area contributed by atoms with E-state index in [0.717, 1.165) is 42.7 Å². The fourth-order valence-electron chi connectivity index (χ4n) is 2.86. The normalized spacial score (nSPS) is 17.3. The molecule has 0 saturated carbocycles. The molecule has 8 heteroatoms. The van der Waals surface area contributed by atoms with Crippen molar-refractivity contribution in [2.45, 2.75) is 18.9 Å². The fraction of sp³-hybridized carbons (Fsp3) is 0.500. The Labute approximate surface area is 130 Å². The van der Waals surface area contributed by atoms with Gasteiger partial charge in [0.25, 0.3) is 0 Å². The summed E-state index contributed by atoms with van der Waals surface area (Å²) in [5.41, 5.74) is 0.822. The first-order chi connectivity index (χ1) is 10.5. The third-order valence-electron chi connectivity index (χ3n) is 4.22. The lowest BCUT2D eigenvalue weighted by molar-refractivity contribution is 0.313. The molecule has 0 aliphatic carbocycles. The second-order valence-electron chi connectivity index (χ2n) is 5.59. The maximum Gasteiger partial charge on any atom is 0.211 e. The van der Waals surface area contributed by atoms with Gasteiger partial charge in [-0.05, 0) is 18.9 Å². The van der Waals surface area contributed by atoms with Crippen molar-refractivity contribution in [3.63, 3.8) is 0 Å². The molecule has 3 heterocycles. The standard InChI is InChI=1S/C14H19N5O2S/c1-18(22(2,20)21)11-4-7-19(8-5-11)14-12-3-6-15-9-13(12)16-10-17-14/h3,6,9-11H,4-5,7-8H2,1-2H3. The van der Waals surface area contributed by atoms with E-state index in [-0.39, 0.29) is 6.04 Å². The molecule has 0 radical (unpaired) electrons. The average molecular weight is 321 g/mol. The molecule has 0 amide bonds.